The number of ether oxygens (including phenoxy) is 1. The predicted octanol–water partition coefficient (Wildman–Crippen LogP) is 2.25. The third-order valence-electron chi connectivity index (χ3n) is 3.05. The molecule has 3 nitrogen and oxygen atoms in total. The summed E-state index contributed by atoms with van der Waals surface area (Å²) in [6, 6.07) is 0.768. The van der Waals surface area contributed by atoms with Crippen molar-refractivity contribution in [3.63, 3.8) is 0 Å². The lowest BCUT2D eigenvalue weighted by Crippen LogP contribution is -2.33. The highest BCUT2D eigenvalue weighted by Crippen LogP contribution is 2.13. The zero-order valence-corrected chi connectivity index (χ0v) is 9.54. The van der Waals surface area contributed by atoms with E-state index in [1.165, 1.54) is 51.5 Å². The summed E-state index contributed by atoms with van der Waals surface area (Å²) >= 11 is 0. The van der Waals surface area contributed by atoms with Crippen molar-refractivity contribution in [2.45, 2.75) is 57.4 Å². The van der Waals surface area contributed by atoms with Crippen molar-refractivity contribution in [3.8, 4) is 0 Å². The maximum Gasteiger partial charge on any atom is 0.293 e. The van der Waals surface area contributed by atoms with Gasteiger partial charge in [0.25, 0.3) is 6.47 Å². The van der Waals surface area contributed by atoms with E-state index in [2.05, 4.69) is 10.1 Å². The van der Waals surface area contributed by atoms with Crippen LogP contribution in [0.3, 0.4) is 0 Å². The fourth-order valence-corrected chi connectivity index (χ4v) is 2.15. The van der Waals surface area contributed by atoms with Crippen LogP contribution < -0.4 is 5.32 Å². The normalized spacial score (nSPS) is 21.2. The first-order chi connectivity index (χ1) is 7.43. The zero-order chi connectivity index (χ0) is 10.8. The number of unbranched alkanes of at least 4 members (excludes halogenated alkanes) is 3. The van der Waals surface area contributed by atoms with Gasteiger partial charge in [0.2, 0.25) is 0 Å². The van der Waals surface area contributed by atoms with Gasteiger partial charge in [-0.15, -0.1) is 0 Å². The van der Waals surface area contributed by atoms with Gasteiger partial charge in [-0.3, -0.25) is 4.79 Å². The summed E-state index contributed by atoms with van der Waals surface area (Å²) in [6.07, 6.45) is 10.2. The minimum Gasteiger partial charge on any atom is -0.468 e. The van der Waals surface area contributed by atoms with Gasteiger partial charge >= 0.3 is 0 Å². The molecule has 3 heteroatoms. The largest absolute Gasteiger partial charge is 0.468 e. The minimum atomic E-state index is 0.534. The molecular weight excluding hydrogens is 190 g/mol. The van der Waals surface area contributed by atoms with Crippen LogP contribution in [-0.2, 0) is 9.53 Å². The summed E-state index contributed by atoms with van der Waals surface area (Å²) in [6.45, 7) is 2.33. The fraction of sp³-hybridized carbons (Fsp3) is 0.917. The molecule has 0 aromatic rings. The molecule has 1 aliphatic rings. The third-order valence-corrected chi connectivity index (χ3v) is 3.05. The molecule has 1 atom stereocenters. The van der Waals surface area contributed by atoms with Crippen molar-refractivity contribution in [1.29, 1.82) is 0 Å². The number of carbonyl (C=O) groups excluding carboxylic acids is 1. The van der Waals surface area contributed by atoms with Crippen molar-refractivity contribution in [2.24, 2.45) is 0 Å². The van der Waals surface area contributed by atoms with Gasteiger partial charge in [0.1, 0.15) is 0 Å². The second kappa shape index (κ2) is 8.72. The first-order valence-electron chi connectivity index (χ1n) is 6.22. The standard InChI is InChI=1S/C12H23NO2/c14-11-15-10-6-2-1-3-7-12-8-4-5-9-13-12/h11-13H,1-10H2. The van der Waals surface area contributed by atoms with E-state index < -0.39 is 0 Å². The lowest BCUT2D eigenvalue weighted by atomic mass is 9.99. The fourth-order valence-electron chi connectivity index (χ4n) is 2.15. The first kappa shape index (κ1) is 12.5. The smallest absolute Gasteiger partial charge is 0.293 e. The van der Waals surface area contributed by atoms with E-state index in [0.29, 0.717) is 13.1 Å². The van der Waals surface area contributed by atoms with Gasteiger partial charge in [0.15, 0.2) is 0 Å². The number of hydrogen-bond donors (Lipinski definition) is 1. The number of nitrogens with one attached hydrogen (secondary N) is 1. The maximum atomic E-state index is 9.87. The van der Waals surface area contributed by atoms with E-state index in [4.69, 9.17) is 0 Å². The quantitative estimate of drug-likeness (QED) is 0.496. The molecular formula is C12H23NO2. The molecule has 0 radical (unpaired) electrons. The van der Waals surface area contributed by atoms with Crippen LogP contribution in [0.5, 0.6) is 0 Å². The van der Waals surface area contributed by atoms with Crippen molar-refractivity contribution in [1.82, 2.24) is 5.32 Å². The summed E-state index contributed by atoms with van der Waals surface area (Å²) in [5.74, 6) is 0. The van der Waals surface area contributed by atoms with E-state index >= 15 is 0 Å². The molecule has 0 aromatic carbocycles. The summed E-state index contributed by atoms with van der Waals surface area (Å²) in [5, 5.41) is 3.56. The van der Waals surface area contributed by atoms with Gasteiger partial charge in [-0.05, 0) is 32.2 Å². The summed E-state index contributed by atoms with van der Waals surface area (Å²) in [7, 11) is 0. The molecule has 0 aliphatic carbocycles. The van der Waals surface area contributed by atoms with Crippen LogP contribution in [0.4, 0.5) is 0 Å². The highest BCUT2D eigenvalue weighted by atomic mass is 16.5. The Morgan fingerprint density at radius 3 is 2.80 bits per heavy atom. The van der Waals surface area contributed by atoms with E-state index in [9.17, 15) is 4.79 Å². The van der Waals surface area contributed by atoms with Gasteiger partial charge in [-0.1, -0.05) is 25.7 Å². The molecule has 1 N–H and O–H groups in total. The summed E-state index contributed by atoms with van der Waals surface area (Å²) < 4.78 is 4.64. The third kappa shape index (κ3) is 6.50. The molecule has 1 heterocycles. The van der Waals surface area contributed by atoms with Crippen molar-refractivity contribution in [3.05, 3.63) is 0 Å². The second-order valence-electron chi connectivity index (χ2n) is 4.32. The van der Waals surface area contributed by atoms with E-state index in [1.54, 1.807) is 0 Å². The van der Waals surface area contributed by atoms with Crippen LogP contribution in [-0.4, -0.2) is 25.7 Å². The SMILES string of the molecule is O=COCCCCCCC1CCCCN1. The van der Waals surface area contributed by atoms with Crippen LogP contribution in [0.25, 0.3) is 0 Å². The number of carbonyl (C=O) groups is 1. The summed E-state index contributed by atoms with van der Waals surface area (Å²) in [4.78, 5) is 9.87. The Morgan fingerprint density at radius 1 is 1.20 bits per heavy atom. The van der Waals surface area contributed by atoms with Gasteiger partial charge in [0, 0.05) is 6.04 Å². The van der Waals surface area contributed by atoms with Crippen LogP contribution >= 0.6 is 0 Å². The monoisotopic (exact) mass is 213 g/mol. The zero-order valence-electron chi connectivity index (χ0n) is 9.54. The maximum absolute atomic E-state index is 9.87. The summed E-state index contributed by atoms with van der Waals surface area (Å²) in [5.41, 5.74) is 0. The van der Waals surface area contributed by atoms with Crippen molar-refractivity contribution in [2.75, 3.05) is 13.2 Å². The van der Waals surface area contributed by atoms with Gasteiger partial charge in [0.05, 0.1) is 6.61 Å². The minimum absolute atomic E-state index is 0.534. The Hall–Kier alpha value is -0.570. The van der Waals surface area contributed by atoms with E-state index in [1.807, 2.05) is 0 Å². The lowest BCUT2D eigenvalue weighted by Gasteiger charge is -2.23. The molecule has 1 unspecified atom stereocenters. The molecule has 0 amide bonds. The molecule has 0 bridgehead atoms. The molecule has 1 saturated heterocycles. The lowest BCUT2D eigenvalue weighted by molar-refractivity contribution is -0.128. The molecule has 1 fully saturated rings. The molecule has 0 saturated carbocycles. The van der Waals surface area contributed by atoms with Gasteiger partial charge in [-0.2, -0.15) is 0 Å². The highest BCUT2D eigenvalue weighted by Gasteiger charge is 2.10. The molecule has 1 rings (SSSR count). The molecule has 0 aromatic heterocycles. The van der Waals surface area contributed by atoms with Crippen molar-refractivity contribution < 1.29 is 9.53 Å². The highest BCUT2D eigenvalue weighted by molar-refractivity contribution is 5.36. The van der Waals surface area contributed by atoms with Gasteiger partial charge < -0.3 is 10.1 Å². The number of hydrogen-bond acceptors (Lipinski definition) is 3. The average molecular weight is 213 g/mol. The van der Waals surface area contributed by atoms with Crippen LogP contribution in [0.1, 0.15) is 51.4 Å². The molecule has 15 heavy (non-hydrogen) atoms. The molecule has 1 aliphatic heterocycles. The predicted molar refractivity (Wildman–Crippen MR) is 60.7 cm³/mol. The second-order valence-corrected chi connectivity index (χ2v) is 4.32. The van der Waals surface area contributed by atoms with Crippen LogP contribution in [0, 0.1) is 0 Å². The Kier molecular flexibility index (Phi) is 7.26. The molecule has 0 spiro atoms. The first-order valence-corrected chi connectivity index (χ1v) is 6.22. The Bertz CT molecular complexity index is 156. The van der Waals surface area contributed by atoms with E-state index in [0.717, 1.165) is 12.5 Å². The number of piperidine rings is 1. The Morgan fingerprint density at radius 2 is 2.07 bits per heavy atom. The molecule has 88 valence electrons. The topological polar surface area (TPSA) is 38.3 Å². The number of rotatable bonds is 8. The van der Waals surface area contributed by atoms with Gasteiger partial charge in [-0.25, -0.2) is 0 Å². The van der Waals surface area contributed by atoms with Crippen LogP contribution in [0.15, 0.2) is 0 Å². The Labute approximate surface area is 92.6 Å². The Balaban J connectivity index is 1.81. The van der Waals surface area contributed by atoms with Crippen molar-refractivity contribution >= 4 is 6.47 Å². The van der Waals surface area contributed by atoms with E-state index in [-0.39, 0.29) is 0 Å². The van der Waals surface area contributed by atoms with Crippen LogP contribution in [0.2, 0.25) is 0 Å². The average Bonchev–Trinajstić information content (AvgIpc) is 2.29.